The molecule has 0 aromatic heterocycles. The molecule has 0 fully saturated rings. The lowest BCUT2D eigenvalue weighted by Gasteiger charge is -2.15. The molecule has 2 rings (SSSR count). The zero-order valence-electron chi connectivity index (χ0n) is 13.1. The molecule has 22 heavy (non-hydrogen) atoms. The van der Waals surface area contributed by atoms with E-state index in [1.807, 2.05) is 38.1 Å². The molecule has 3 nitrogen and oxygen atoms in total. The molecule has 0 radical (unpaired) electrons. The second-order valence-electron chi connectivity index (χ2n) is 5.28. The number of benzene rings is 2. The molecule has 0 spiro atoms. The normalized spacial score (nSPS) is 10.3. The van der Waals surface area contributed by atoms with Gasteiger partial charge in [0.05, 0.1) is 12.7 Å². The van der Waals surface area contributed by atoms with E-state index in [1.165, 1.54) is 0 Å². The number of hydrogen-bond acceptors (Lipinski definition) is 2. The first-order valence-corrected chi connectivity index (χ1v) is 7.09. The molecule has 0 aliphatic carbocycles. The van der Waals surface area contributed by atoms with Gasteiger partial charge in [-0.1, -0.05) is 24.8 Å². The number of carboxylic acid groups (broad SMARTS) is 1. The van der Waals surface area contributed by atoms with Crippen LogP contribution in [-0.4, -0.2) is 18.2 Å². The Labute approximate surface area is 130 Å². The molecule has 0 bridgehead atoms. The molecule has 0 aliphatic rings. The van der Waals surface area contributed by atoms with Crippen LogP contribution >= 0.6 is 0 Å². The molecule has 0 atom stereocenters. The van der Waals surface area contributed by atoms with Crippen LogP contribution in [-0.2, 0) is 6.42 Å². The highest BCUT2D eigenvalue weighted by Crippen LogP contribution is 2.26. The molecule has 0 unspecified atom stereocenters. The number of carbonyl (C=O) groups is 1. The van der Waals surface area contributed by atoms with Crippen molar-refractivity contribution in [2.24, 2.45) is 0 Å². The van der Waals surface area contributed by atoms with Gasteiger partial charge >= 0.3 is 5.97 Å². The lowest BCUT2D eigenvalue weighted by atomic mass is 9.90. The van der Waals surface area contributed by atoms with E-state index in [9.17, 15) is 9.90 Å². The molecule has 2 aromatic carbocycles. The third kappa shape index (κ3) is 3.03. The summed E-state index contributed by atoms with van der Waals surface area (Å²) >= 11 is 0. The second kappa shape index (κ2) is 6.48. The van der Waals surface area contributed by atoms with Crippen LogP contribution in [0.2, 0.25) is 0 Å². The first kappa shape index (κ1) is 15.8. The van der Waals surface area contributed by atoms with E-state index < -0.39 is 5.97 Å². The van der Waals surface area contributed by atoms with Gasteiger partial charge in [0, 0.05) is 0 Å². The highest BCUT2D eigenvalue weighted by Gasteiger charge is 2.15. The van der Waals surface area contributed by atoms with Crippen LogP contribution in [0.1, 0.15) is 38.2 Å². The van der Waals surface area contributed by atoms with Crippen molar-refractivity contribution in [3.8, 4) is 5.75 Å². The SMILES string of the molecule is C=Cc1c(C(=O)O)cc(Cc2ccc(OC)cc2)c(C)c1C. The van der Waals surface area contributed by atoms with Crippen molar-refractivity contribution in [1.29, 1.82) is 0 Å². The maximum Gasteiger partial charge on any atom is 0.336 e. The molecular formula is C19H20O3. The number of carboxylic acids is 1. The number of aromatic carboxylic acids is 1. The molecule has 0 heterocycles. The summed E-state index contributed by atoms with van der Waals surface area (Å²) in [6, 6.07) is 9.57. The molecule has 0 saturated carbocycles. The van der Waals surface area contributed by atoms with Crippen molar-refractivity contribution in [3.05, 3.63) is 70.3 Å². The Hall–Kier alpha value is -2.55. The minimum atomic E-state index is -0.922. The minimum Gasteiger partial charge on any atom is -0.497 e. The van der Waals surface area contributed by atoms with Gasteiger partial charge in [-0.15, -0.1) is 0 Å². The predicted molar refractivity (Wildman–Crippen MR) is 88.8 cm³/mol. The lowest BCUT2D eigenvalue weighted by molar-refractivity contribution is 0.0696. The highest BCUT2D eigenvalue weighted by molar-refractivity contribution is 5.93. The van der Waals surface area contributed by atoms with Crippen LogP contribution in [0, 0.1) is 13.8 Å². The van der Waals surface area contributed by atoms with Crippen molar-refractivity contribution in [2.45, 2.75) is 20.3 Å². The third-order valence-electron chi connectivity index (χ3n) is 4.05. The second-order valence-corrected chi connectivity index (χ2v) is 5.28. The number of methoxy groups -OCH3 is 1. The zero-order chi connectivity index (χ0) is 16.3. The predicted octanol–water partition coefficient (Wildman–Crippen LogP) is 4.24. The number of rotatable bonds is 5. The quantitative estimate of drug-likeness (QED) is 0.897. The summed E-state index contributed by atoms with van der Waals surface area (Å²) in [5.74, 6) is -0.112. The molecule has 2 aromatic rings. The Balaban J connectivity index is 2.46. The van der Waals surface area contributed by atoms with E-state index in [-0.39, 0.29) is 0 Å². The number of ether oxygens (including phenoxy) is 1. The molecule has 114 valence electrons. The van der Waals surface area contributed by atoms with Gasteiger partial charge in [0.15, 0.2) is 0 Å². The molecular weight excluding hydrogens is 276 g/mol. The average molecular weight is 296 g/mol. The molecule has 0 aliphatic heterocycles. The van der Waals surface area contributed by atoms with E-state index in [0.717, 1.165) is 28.0 Å². The standard InChI is InChI=1S/C19H20O3/c1-5-17-13(3)12(2)15(11-18(17)19(20)21)10-14-6-8-16(22-4)9-7-14/h5-9,11H,1,10H2,2-4H3,(H,20,21). The van der Waals surface area contributed by atoms with Crippen LogP contribution in [0.4, 0.5) is 0 Å². The van der Waals surface area contributed by atoms with Gasteiger partial charge < -0.3 is 9.84 Å². The summed E-state index contributed by atoms with van der Waals surface area (Å²) in [7, 11) is 1.63. The van der Waals surface area contributed by atoms with E-state index in [2.05, 4.69) is 6.58 Å². The van der Waals surface area contributed by atoms with E-state index in [0.29, 0.717) is 17.5 Å². The van der Waals surface area contributed by atoms with Gasteiger partial charge in [0.2, 0.25) is 0 Å². The summed E-state index contributed by atoms with van der Waals surface area (Å²) in [5, 5.41) is 9.41. The molecule has 0 amide bonds. The first-order chi connectivity index (χ1) is 10.5. The summed E-state index contributed by atoms with van der Waals surface area (Å²) in [6.07, 6.45) is 2.30. The average Bonchev–Trinajstić information content (AvgIpc) is 2.52. The maximum atomic E-state index is 11.5. The lowest BCUT2D eigenvalue weighted by Crippen LogP contribution is -2.06. The van der Waals surface area contributed by atoms with Crippen LogP contribution in [0.3, 0.4) is 0 Å². The number of hydrogen-bond donors (Lipinski definition) is 1. The van der Waals surface area contributed by atoms with Crippen molar-refractivity contribution >= 4 is 12.0 Å². The van der Waals surface area contributed by atoms with E-state index in [4.69, 9.17) is 4.74 Å². The Morgan fingerprint density at radius 2 is 1.86 bits per heavy atom. The maximum absolute atomic E-state index is 11.5. The van der Waals surface area contributed by atoms with E-state index >= 15 is 0 Å². The highest BCUT2D eigenvalue weighted by atomic mass is 16.5. The monoisotopic (exact) mass is 296 g/mol. The van der Waals surface area contributed by atoms with Crippen molar-refractivity contribution in [3.63, 3.8) is 0 Å². The van der Waals surface area contributed by atoms with Gasteiger partial charge in [-0.05, 0) is 66.3 Å². The zero-order valence-corrected chi connectivity index (χ0v) is 13.1. The van der Waals surface area contributed by atoms with E-state index in [1.54, 1.807) is 19.3 Å². The fourth-order valence-electron chi connectivity index (χ4n) is 2.59. The fraction of sp³-hybridized carbons (Fsp3) is 0.211. The molecule has 3 heteroatoms. The summed E-state index contributed by atoms with van der Waals surface area (Å²) in [4.78, 5) is 11.5. The summed E-state index contributed by atoms with van der Waals surface area (Å²) in [5.41, 5.74) is 5.22. The molecule has 0 saturated heterocycles. The molecule has 1 N–H and O–H groups in total. The van der Waals surface area contributed by atoms with Gasteiger partial charge in [-0.3, -0.25) is 0 Å². The van der Waals surface area contributed by atoms with Crippen LogP contribution in [0.25, 0.3) is 6.08 Å². The minimum absolute atomic E-state index is 0.307. The third-order valence-corrected chi connectivity index (χ3v) is 4.05. The Morgan fingerprint density at radius 3 is 2.36 bits per heavy atom. The summed E-state index contributed by atoms with van der Waals surface area (Å²) < 4.78 is 5.15. The first-order valence-electron chi connectivity index (χ1n) is 7.09. The smallest absolute Gasteiger partial charge is 0.336 e. The van der Waals surface area contributed by atoms with Crippen molar-refractivity contribution < 1.29 is 14.6 Å². The summed E-state index contributed by atoms with van der Waals surface area (Å²) in [6.45, 7) is 7.69. The van der Waals surface area contributed by atoms with Gasteiger partial charge in [-0.25, -0.2) is 4.79 Å². The van der Waals surface area contributed by atoms with Crippen molar-refractivity contribution in [2.75, 3.05) is 7.11 Å². The van der Waals surface area contributed by atoms with Crippen LogP contribution in [0.5, 0.6) is 5.75 Å². The Bertz CT molecular complexity index is 712. The van der Waals surface area contributed by atoms with Crippen molar-refractivity contribution in [1.82, 2.24) is 0 Å². The Kier molecular flexibility index (Phi) is 4.66. The van der Waals surface area contributed by atoms with Crippen LogP contribution < -0.4 is 4.74 Å². The fourth-order valence-corrected chi connectivity index (χ4v) is 2.59. The van der Waals surface area contributed by atoms with Gasteiger partial charge in [-0.2, -0.15) is 0 Å². The largest absolute Gasteiger partial charge is 0.497 e. The van der Waals surface area contributed by atoms with Crippen LogP contribution in [0.15, 0.2) is 36.9 Å². The van der Waals surface area contributed by atoms with Gasteiger partial charge in [0.1, 0.15) is 5.75 Å². The van der Waals surface area contributed by atoms with Gasteiger partial charge in [0.25, 0.3) is 0 Å². The Morgan fingerprint density at radius 1 is 1.23 bits per heavy atom. The topological polar surface area (TPSA) is 46.5 Å².